The molecule has 4 heterocycles. The van der Waals surface area contributed by atoms with Gasteiger partial charge in [-0.1, -0.05) is 42.5 Å². The van der Waals surface area contributed by atoms with Crippen LogP contribution in [0.3, 0.4) is 0 Å². The summed E-state index contributed by atoms with van der Waals surface area (Å²) in [5.41, 5.74) is 10.4. The van der Waals surface area contributed by atoms with Gasteiger partial charge in [0.05, 0.1) is 11.7 Å². The minimum absolute atomic E-state index is 0.634. The number of fused-ring (bicyclic) bond motifs is 2. The molecule has 0 aliphatic heterocycles. The van der Waals surface area contributed by atoms with Gasteiger partial charge in [-0.05, 0) is 29.8 Å². The molecule has 4 N–H and O–H groups in total. The predicted molar refractivity (Wildman–Crippen MR) is 131 cm³/mol. The van der Waals surface area contributed by atoms with Gasteiger partial charge in [-0.25, -0.2) is 9.97 Å². The Kier molecular flexibility index (Phi) is 5.50. The van der Waals surface area contributed by atoms with E-state index in [0.717, 1.165) is 40.2 Å². The number of nitrogens with zero attached hydrogens (tertiary/aromatic N) is 4. The Balaban J connectivity index is 0.000000314. The Morgan fingerprint density at radius 2 is 1.91 bits per heavy atom. The van der Waals surface area contributed by atoms with Crippen molar-refractivity contribution in [2.45, 2.75) is 6.54 Å². The zero-order valence-electron chi connectivity index (χ0n) is 17.1. The lowest BCUT2D eigenvalue weighted by atomic mass is 10.1. The van der Waals surface area contributed by atoms with Crippen LogP contribution in [0.1, 0.15) is 5.56 Å². The van der Waals surface area contributed by atoms with Gasteiger partial charge in [0.2, 0.25) is 0 Å². The molecular weight excluding hydrogens is 418 g/mol. The molecule has 0 amide bonds. The Bertz CT molecular complexity index is 1440. The monoisotopic (exact) mass is 439 g/mol. The van der Waals surface area contributed by atoms with E-state index in [4.69, 9.17) is 10.7 Å². The van der Waals surface area contributed by atoms with E-state index in [9.17, 15) is 0 Å². The van der Waals surface area contributed by atoms with E-state index in [1.165, 1.54) is 16.9 Å². The van der Waals surface area contributed by atoms with E-state index in [1.54, 1.807) is 6.20 Å². The Morgan fingerprint density at radius 1 is 1.03 bits per heavy atom. The second-order valence-corrected chi connectivity index (χ2v) is 8.05. The van der Waals surface area contributed by atoms with E-state index < -0.39 is 0 Å². The van der Waals surface area contributed by atoms with Gasteiger partial charge in [-0.2, -0.15) is 5.10 Å². The molecule has 2 aromatic carbocycles. The smallest absolute Gasteiger partial charge is 0.179 e. The van der Waals surface area contributed by atoms with E-state index in [2.05, 4.69) is 61.3 Å². The van der Waals surface area contributed by atoms with E-state index in [1.807, 2.05) is 48.1 Å². The molecule has 8 heteroatoms. The lowest BCUT2D eigenvalue weighted by molar-refractivity contribution is 1.08. The topological polar surface area (TPSA) is 96.9 Å². The number of hydrogen-bond acceptors (Lipinski definition) is 6. The third kappa shape index (κ3) is 4.17. The number of hydrogen-bond donors (Lipinski definition) is 3. The highest BCUT2D eigenvalue weighted by Crippen LogP contribution is 2.31. The molecule has 158 valence electrons. The predicted octanol–water partition coefficient (Wildman–Crippen LogP) is 5.22. The summed E-state index contributed by atoms with van der Waals surface area (Å²) in [6, 6.07) is 22.7. The standard InChI is InChI=1S/C21H17N5.C3H4N2S/c1-2-6-15(7-3-1)13-22-21-20(24-19-8-4-5-11-26(19)21)16-9-10-18-17(12-16)14-23-25-18;4-3-5-1-2-6-3/h1-12,14,22H,13H2,(H,23,25);1-2H,(H2,4,5). The number of rotatable bonds is 4. The SMILES string of the molecule is Nc1nccs1.c1ccc(CNc2c(-c3ccc4[nH]ncc4c3)nc3ccccn23)cc1. The van der Waals surface area contributed by atoms with Crippen LogP contribution >= 0.6 is 11.3 Å². The summed E-state index contributed by atoms with van der Waals surface area (Å²) in [5.74, 6) is 0.993. The third-order valence-electron chi connectivity index (χ3n) is 5.00. The van der Waals surface area contributed by atoms with Gasteiger partial charge in [0, 0.05) is 35.3 Å². The van der Waals surface area contributed by atoms with Gasteiger partial charge in [0.25, 0.3) is 0 Å². The fourth-order valence-corrected chi connectivity index (χ4v) is 3.86. The zero-order valence-corrected chi connectivity index (χ0v) is 18.0. The number of thiazole rings is 1. The molecule has 6 rings (SSSR count). The molecule has 0 aliphatic rings. The summed E-state index contributed by atoms with van der Waals surface area (Å²) >= 11 is 1.44. The van der Waals surface area contributed by atoms with Gasteiger partial charge in [-0.15, -0.1) is 11.3 Å². The van der Waals surface area contributed by atoms with Crippen LogP contribution in [0.5, 0.6) is 0 Å². The number of aromatic nitrogens is 5. The molecule has 32 heavy (non-hydrogen) atoms. The Morgan fingerprint density at radius 3 is 2.69 bits per heavy atom. The number of nitrogens with one attached hydrogen (secondary N) is 2. The number of benzene rings is 2. The highest BCUT2D eigenvalue weighted by molar-refractivity contribution is 7.13. The normalized spacial score (nSPS) is 10.8. The summed E-state index contributed by atoms with van der Waals surface area (Å²) in [5, 5.41) is 14.2. The maximum Gasteiger partial charge on any atom is 0.179 e. The van der Waals surface area contributed by atoms with E-state index in [0.29, 0.717) is 5.13 Å². The first-order valence-electron chi connectivity index (χ1n) is 10.1. The molecule has 0 aliphatic carbocycles. The van der Waals surface area contributed by atoms with Gasteiger partial charge in [-0.3, -0.25) is 9.50 Å². The second-order valence-electron chi connectivity index (χ2n) is 7.12. The van der Waals surface area contributed by atoms with Crippen molar-refractivity contribution < 1.29 is 0 Å². The largest absolute Gasteiger partial charge is 0.375 e. The summed E-state index contributed by atoms with van der Waals surface area (Å²) in [7, 11) is 0. The lowest BCUT2D eigenvalue weighted by Gasteiger charge is -2.09. The number of nitrogen functional groups attached to an aromatic ring is 1. The second kappa shape index (κ2) is 8.91. The number of H-pyrrole nitrogens is 1. The fraction of sp³-hybridized carbons (Fsp3) is 0.0417. The Hall–Kier alpha value is -4.17. The molecule has 0 fully saturated rings. The minimum atomic E-state index is 0.634. The summed E-state index contributed by atoms with van der Waals surface area (Å²) in [6.07, 6.45) is 5.56. The van der Waals surface area contributed by atoms with Crippen LogP contribution in [-0.2, 0) is 6.54 Å². The van der Waals surface area contributed by atoms with Crippen molar-refractivity contribution in [3.05, 3.63) is 96.3 Å². The highest BCUT2D eigenvalue weighted by atomic mass is 32.1. The molecule has 0 saturated heterocycles. The van der Waals surface area contributed by atoms with Gasteiger partial charge in [0.15, 0.2) is 5.13 Å². The maximum absolute atomic E-state index is 5.19. The Labute approximate surface area is 188 Å². The molecule has 0 bridgehead atoms. The van der Waals surface area contributed by atoms with Gasteiger partial charge < -0.3 is 11.1 Å². The average Bonchev–Trinajstić information content (AvgIpc) is 3.58. The van der Waals surface area contributed by atoms with Crippen LogP contribution in [0.4, 0.5) is 10.9 Å². The highest BCUT2D eigenvalue weighted by Gasteiger charge is 2.14. The number of anilines is 2. The molecule has 7 nitrogen and oxygen atoms in total. The van der Waals surface area contributed by atoms with E-state index >= 15 is 0 Å². The number of nitrogens with two attached hydrogens (primary N) is 1. The van der Waals surface area contributed by atoms with Gasteiger partial charge in [0.1, 0.15) is 17.2 Å². The zero-order chi connectivity index (χ0) is 21.8. The van der Waals surface area contributed by atoms with Crippen LogP contribution in [-0.4, -0.2) is 24.6 Å². The van der Waals surface area contributed by atoms with Crippen molar-refractivity contribution in [2.75, 3.05) is 11.1 Å². The molecule has 0 unspecified atom stereocenters. The number of aromatic amines is 1. The number of imidazole rings is 1. The van der Waals surface area contributed by atoms with Crippen LogP contribution < -0.4 is 11.1 Å². The van der Waals surface area contributed by atoms with Crippen LogP contribution in [0.25, 0.3) is 27.8 Å². The molecule has 0 atom stereocenters. The first-order valence-corrected chi connectivity index (χ1v) is 11.0. The molecular formula is C24H21N7S. The summed E-state index contributed by atoms with van der Waals surface area (Å²) in [6.45, 7) is 0.741. The molecule has 0 saturated carbocycles. The molecule has 0 radical (unpaired) electrons. The van der Waals surface area contributed by atoms with Crippen molar-refractivity contribution in [1.29, 1.82) is 0 Å². The van der Waals surface area contributed by atoms with Crippen LogP contribution in [0, 0.1) is 0 Å². The van der Waals surface area contributed by atoms with E-state index in [-0.39, 0.29) is 0 Å². The van der Waals surface area contributed by atoms with Crippen LogP contribution in [0.15, 0.2) is 90.7 Å². The molecule has 0 spiro atoms. The average molecular weight is 440 g/mol. The van der Waals surface area contributed by atoms with Crippen molar-refractivity contribution in [2.24, 2.45) is 0 Å². The van der Waals surface area contributed by atoms with Crippen LogP contribution in [0.2, 0.25) is 0 Å². The minimum Gasteiger partial charge on any atom is -0.375 e. The first-order chi connectivity index (χ1) is 15.8. The van der Waals surface area contributed by atoms with Gasteiger partial charge >= 0.3 is 0 Å². The summed E-state index contributed by atoms with van der Waals surface area (Å²) in [4.78, 5) is 8.57. The van der Waals surface area contributed by atoms with Crippen molar-refractivity contribution in [3.8, 4) is 11.3 Å². The lowest BCUT2D eigenvalue weighted by Crippen LogP contribution is -2.03. The van der Waals surface area contributed by atoms with Crippen molar-refractivity contribution in [1.82, 2.24) is 24.6 Å². The fourth-order valence-electron chi connectivity index (χ4n) is 3.47. The quantitative estimate of drug-likeness (QED) is 0.350. The van der Waals surface area contributed by atoms with Crippen molar-refractivity contribution in [3.63, 3.8) is 0 Å². The van der Waals surface area contributed by atoms with Crippen molar-refractivity contribution >= 4 is 38.8 Å². The third-order valence-corrected chi connectivity index (χ3v) is 5.60. The molecule has 6 aromatic rings. The maximum atomic E-state index is 5.19. The summed E-state index contributed by atoms with van der Waals surface area (Å²) < 4.78 is 2.10. The molecule has 4 aromatic heterocycles. The first kappa shape index (κ1) is 19.8. The number of pyridine rings is 1.